The number of nitrogens with zero attached hydrogens (tertiary/aromatic N) is 5. The minimum atomic E-state index is -1.27. The number of pyridine rings is 1. The van der Waals surface area contributed by atoms with Crippen molar-refractivity contribution >= 4 is 39.7 Å². The van der Waals surface area contributed by atoms with Gasteiger partial charge in [-0.05, 0) is 18.2 Å². The molecule has 4 heterocycles. The van der Waals surface area contributed by atoms with Gasteiger partial charge in [-0.2, -0.15) is 9.97 Å². The van der Waals surface area contributed by atoms with E-state index in [-0.39, 0.29) is 11.8 Å². The van der Waals surface area contributed by atoms with Crippen molar-refractivity contribution < 1.29 is 20.1 Å². The lowest BCUT2D eigenvalue weighted by Gasteiger charge is -2.16. The van der Waals surface area contributed by atoms with E-state index >= 15 is 0 Å². The molecule has 1 aliphatic heterocycles. The lowest BCUT2D eigenvalue weighted by Crippen LogP contribution is -2.33. The van der Waals surface area contributed by atoms with Crippen molar-refractivity contribution in [3.63, 3.8) is 0 Å². The molecule has 0 bridgehead atoms. The monoisotopic (exact) mass is 409 g/mol. The molecule has 1 saturated heterocycles. The Kier molecular flexibility index (Phi) is 4.44. The highest BCUT2D eigenvalue weighted by atomic mass is 16.6. The van der Waals surface area contributed by atoms with Crippen molar-refractivity contribution in [2.45, 2.75) is 24.5 Å². The topological polar surface area (TPSA) is 164 Å². The molecule has 1 aliphatic rings. The van der Waals surface area contributed by atoms with Gasteiger partial charge in [0, 0.05) is 5.39 Å². The molecule has 4 atom stereocenters. The van der Waals surface area contributed by atoms with Crippen LogP contribution in [0.15, 0.2) is 42.7 Å². The molecule has 11 heteroatoms. The first kappa shape index (κ1) is 18.6. The number of benzene rings is 1. The van der Waals surface area contributed by atoms with Gasteiger partial charge in [-0.1, -0.05) is 18.2 Å². The van der Waals surface area contributed by atoms with Crippen LogP contribution in [0.4, 0.5) is 17.6 Å². The van der Waals surface area contributed by atoms with E-state index in [0.717, 1.165) is 10.9 Å². The highest BCUT2D eigenvalue weighted by molar-refractivity contribution is 5.84. The van der Waals surface area contributed by atoms with Crippen LogP contribution >= 0.6 is 0 Å². The van der Waals surface area contributed by atoms with E-state index in [2.05, 4.69) is 25.3 Å². The Morgan fingerprint density at radius 3 is 2.70 bits per heavy atom. The summed E-state index contributed by atoms with van der Waals surface area (Å²) in [7, 11) is 0. The predicted molar refractivity (Wildman–Crippen MR) is 108 cm³/mol. The minimum Gasteiger partial charge on any atom is -0.394 e. The number of ether oxygens (including phenoxy) is 1. The molecule has 0 amide bonds. The third kappa shape index (κ3) is 3.00. The molecule has 0 saturated carbocycles. The Morgan fingerprint density at radius 2 is 1.90 bits per heavy atom. The highest BCUT2D eigenvalue weighted by Gasteiger charge is 2.44. The molecule has 154 valence electrons. The van der Waals surface area contributed by atoms with Gasteiger partial charge >= 0.3 is 0 Å². The van der Waals surface area contributed by atoms with Crippen LogP contribution in [-0.4, -0.2) is 64.7 Å². The van der Waals surface area contributed by atoms with Gasteiger partial charge in [0.1, 0.15) is 29.6 Å². The van der Waals surface area contributed by atoms with Gasteiger partial charge in [-0.15, -0.1) is 0 Å². The minimum absolute atomic E-state index is 0.133. The Morgan fingerprint density at radius 1 is 1.07 bits per heavy atom. The van der Waals surface area contributed by atoms with E-state index in [0.29, 0.717) is 17.0 Å². The standard InChI is InChI=1S/C19H19N7O4/c20-16-13-17(26(8-21-13)18-15(29)14(28)11(7-27)30-18)25-19(24-16)23-12-6-5-9-3-1-2-4-10(9)22-12/h1-6,8,11,14-15,18,27-29H,7H2,(H3,20,22,23,24,25)/t11-,14-,15-,18-/m1/s1. The molecule has 4 aromatic rings. The summed E-state index contributed by atoms with van der Waals surface area (Å²) in [5, 5.41) is 33.7. The summed E-state index contributed by atoms with van der Waals surface area (Å²) in [6, 6.07) is 11.4. The second kappa shape index (κ2) is 7.15. The highest BCUT2D eigenvalue weighted by Crippen LogP contribution is 2.32. The third-order valence-electron chi connectivity index (χ3n) is 5.08. The smallest absolute Gasteiger partial charge is 0.232 e. The second-order valence-corrected chi connectivity index (χ2v) is 7.00. The summed E-state index contributed by atoms with van der Waals surface area (Å²) in [6.07, 6.45) is -3.01. The molecule has 6 N–H and O–H groups in total. The number of hydrogen-bond acceptors (Lipinski definition) is 10. The van der Waals surface area contributed by atoms with E-state index in [1.807, 2.05) is 30.3 Å². The zero-order valence-corrected chi connectivity index (χ0v) is 15.6. The average Bonchev–Trinajstić information content (AvgIpc) is 3.29. The van der Waals surface area contributed by atoms with Gasteiger partial charge in [-0.25, -0.2) is 9.97 Å². The van der Waals surface area contributed by atoms with E-state index in [9.17, 15) is 15.3 Å². The van der Waals surface area contributed by atoms with Crippen molar-refractivity contribution in [3.8, 4) is 0 Å². The first-order valence-electron chi connectivity index (χ1n) is 9.30. The zero-order chi connectivity index (χ0) is 20.8. The zero-order valence-electron chi connectivity index (χ0n) is 15.6. The maximum Gasteiger partial charge on any atom is 0.232 e. The van der Waals surface area contributed by atoms with Crippen molar-refractivity contribution in [1.29, 1.82) is 0 Å². The molecular formula is C19H19N7O4. The summed E-state index contributed by atoms with van der Waals surface area (Å²) in [5.41, 5.74) is 7.49. The number of imidazole rings is 1. The Labute approximate surface area is 169 Å². The number of aliphatic hydroxyl groups is 3. The van der Waals surface area contributed by atoms with E-state index in [1.54, 1.807) is 6.07 Å². The van der Waals surface area contributed by atoms with Gasteiger partial charge in [-0.3, -0.25) is 4.57 Å². The number of nitrogens with one attached hydrogen (secondary N) is 1. The maximum absolute atomic E-state index is 10.3. The van der Waals surface area contributed by atoms with Crippen molar-refractivity contribution in [1.82, 2.24) is 24.5 Å². The van der Waals surface area contributed by atoms with E-state index in [4.69, 9.17) is 10.5 Å². The van der Waals surface area contributed by atoms with Crippen molar-refractivity contribution in [2.75, 3.05) is 17.7 Å². The average molecular weight is 409 g/mol. The lowest BCUT2D eigenvalue weighted by molar-refractivity contribution is -0.0511. The van der Waals surface area contributed by atoms with Crippen LogP contribution in [0.2, 0.25) is 0 Å². The Bertz CT molecular complexity index is 1230. The van der Waals surface area contributed by atoms with Gasteiger partial charge in [0.15, 0.2) is 17.7 Å². The summed E-state index contributed by atoms with van der Waals surface area (Å²) in [5.74, 6) is 0.858. The van der Waals surface area contributed by atoms with Crippen molar-refractivity contribution in [2.24, 2.45) is 0 Å². The van der Waals surface area contributed by atoms with Crippen LogP contribution in [0.1, 0.15) is 6.23 Å². The molecule has 30 heavy (non-hydrogen) atoms. The third-order valence-corrected chi connectivity index (χ3v) is 5.08. The summed E-state index contributed by atoms with van der Waals surface area (Å²) in [6.45, 7) is -0.432. The fourth-order valence-electron chi connectivity index (χ4n) is 3.54. The number of anilines is 3. The Hall–Kier alpha value is -3.38. The first-order valence-corrected chi connectivity index (χ1v) is 9.30. The first-order chi connectivity index (χ1) is 14.5. The van der Waals surface area contributed by atoms with E-state index < -0.39 is 31.1 Å². The number of nitrogens with two attached hydrogens (primary N) is 1. The van der Waals surface area contributed by atoms with Crippen LogP contribution in [0, 0.1) is 0 Å². The number of fused-ring (bicyclic) bond motifs is 2. The molecular weight excluding hydrogens is 390 g/mol. The number of para-hydroxylation sites is 1. The summed E-state index contributed by atoms with van der Waals surface area (Å²) >= 11 is 0. The van der Waals surface area contributed by atoms with Crippen LogP contribution < -0.4 is 11.1 Å². The second-order valence-electron chi connectivity index (χ2n) is 7.00. The van der Waals surface area contributed by atoms with Crippen LogP contribution in [-0.2, 0) is 4.74 Å². The fraction of sp³-hybridized carbons (Fsp3) is 0.263. The molecule has 5 rings (SSSR count). The number of aliphatic hydroxyl groups excluding tert-OH is 3. The van der Waals surface area contributed by atoms with Gasteiger partial charge in [0.05, 0.1) is 18.5 Å². The summed E-state index contributed by atoms with van der Waals surface area (Å²) in [4.78, 5) is 17.4. The summed E-state index contributed by atoms with van der Waals surface area (Å²) < 4.78 is 7.03. The molecule has 1 fully saturated rings. The number of hydrogen-bond donors (Lipinski definition) is 5. The lowest BCUT2D eigenvalue weighted by atomic mass is 10.1. The molecule has 1 aromatic carbocycles. The van der Waals surface area contributed by atoms with E-state index in [1.165, 1.54) is 10.9 Å². The number of rotatable bonds is 4. The molecule has 0 radical (unpaired) electrons. The molecule has 0 spiro atoms. The van der Waals surface area contributed by atoms with Crippen molar-refractivity contribution in [3.05, 3.63) is 42.7 Å². The maximum atomic E-state index is 10.3. The SMILES string of the molecule is Nc1nc(Nc2ccc3ccccc3n2)nc2c1ncn2[C@@H]1O[C@H](CO)[C@@H](O)[C@H]1O. The van der Waals surface area contributed by atoms with Gasteiger partial charge < -0.3 is 31.1 Å². The van der Waals surface area contributed by atoms with Crippen LogP contribution in [0.3, 0.4) is 0 Å². The normalized spacial score (nSPS) is 24.0. The quantitative estimate of drug-likeness (QED) is 0.317. The Balaban J connectivity index is 1.52. The number of nitrogen functional groups attached to an aromatic ring is 1. The molecule has 0 aliphatic carbocycles. The predicted octanol–water partition coefficient (Wildman–Crippen LogP) is 0.312. The molecule has 0 unspecified atom stereocenters. The number of aromatic nitrogens is 5. The molecule has 11 nitrogen and oxygen atoms in total. The fourth-order valence-corrected chi connectivity index (χ4v) is 3.54. The largest absolute Gasteiger partial charge is 0.394 e. The molecule has 3 aromatic heterocycles. The van der Waals surface area contributed by atoms with Gasteiger partial charge in [0.2, 0.25) is 5.95 Å². The van der Waals surface area contributed by atoms with Crippen LogP contribution in [0.25, 0.3) is 22.1 Å². The van der Waals surface area contributed by atoms with Crippen LogP contribution in [0.5, 0.6) is 0 Å². The van der Waals surface area contributed by atoms with Gasteiger partial charge in [0.25, 0.3) is 0 Å².